The quantitative estimate of drug-likeness (QED) is 0.0169. The maximum atomic E-state index is 13.1. The fourth-order valence-electron chi connectivity index (χ4n) is 12.2. The summed E-state index contributed by atoms with van der Waals surface area (Å²) in [6.45, 7) is 11.9. The van der Waals surface area contributed by atoms with Gasteiger partial charge in [0.1, 0.15) is 19.3 Å². The molecule has 0 aliphatic carbocycles. The van der Waals surface area contributed by atoms with Crippen LogP contribution in [0.3, 0.4) is 0 Å². The minimum Gasteiger partial charge on any atom is -0.462 e. The Labute approximate surface area is 624 Å². The third-order valence-electron chi connectivity index (χ3n) is 19.5. The Morgan fingerprint density at radius 2 is 0.578 bits per heavy atom. The van der Waals surface area contributed by atoms with Crippen molar-refractivity contribution >= 4 is 39.5 Å². The van der Waals surface area contributed by atoms with E-state index in [-0.39, 0.29) is 25.7 Å². The molecule has 7 atom stereocenters. The number of phosphoric ester groups is 2. The van der Waals surface area contributed by atoms with Gasteiger partial charge in [0.2, 0.25) is 0 Å². The second-order valence-electron chi connectivity index (χ2n) is 30.1. The van der Waals surface area contributed by atoms with Crippen LogP contribution in [-0.2, 0) is 65.4 Å². The summed E-state index contributed by atoms with van der Waals surface area (Å²) in [7, 11) is -9.93. The number of aliphatic hydroxyl groups excluding tert-OH is 1. The van der Waals surface area contributed by atoms with E-state index in [1.54, 1.807) is 0 Å². The highest BCUT2D eigenvalue weighted by Crippen LogP contribution is 2.45. The van der Waals surface area contributed by atoms with Crippen molar-refractivity contribution in [2.24, 2.45) is 17.8 Å². The van der Waals surface area contributed by atoms with Crippen LogP contribution >= 0.6 is 15.6 Å². The number of phosphoric acid groups is 2. The highest BCUT2D eigenvalue weighted by molar-refractivity contribution is 7.47. The van der Waals surface area contributed by atoms with E-state index < -0.39 is 97.5 Å². The van der Waals surface area contributed by atoms with Crippen LogP contribution in [0.25, 0.3) is 0 Å². The second kappa shape index (κ2) is 72.7. The van der Waals surface area contributed by atoms with Crippen molar-refractivity contribution in [1.29, 1.82) is 0 Å². The van der Waals surface area contributed by atoms with E-state index in [9.17, 15) is 43.2 Å². The van der Waals surface area contributed by atoms with Gasteiger partial charge in [-0.05, 0) is 69.1 Å². The Morgan fingerprint density at radius 3 is 0.873 bits per heavy atom. The van der Waals surface area contributed by atoms with Gasteiger partial charge in [0, 0.05) is 25.7 Å². The number of aliphatic hydroxyl groups is 1. The summed E-state index contributed by atoms with van der Waals surface area (Å²) >= 11 is 0. The Kier molecular flexibility index (Phi) is 71.0. The topological polar surface area (TPSA) is 237 Å². The summed E-state index contributed by atoms with van der Waals surface area (Å²) in [4.78, 5) is 73.0. The highest BCUT2D eigenvalue weighted by atomic mass is 31.2. The van der Waals surface area contributed by atoms with E-state index in [1.165, 1.54) is 193 Å². The van der Waals surface area contributed by atoms with E-state index in [1.807, 2.05) is 0 Å². The average Bonchev–Trinajstić information content (AvgIpc) is 0.915. The molecule has 102 heavy (non-hydrogen) atoms. The molecule has 17 nitrogen and oxygen atoms in total. The number of hydrogen-bond acceptors (Lipinski definition) is 15. The minimum atomic E-state index is -4.97. The van der Waals surface area contributed by atoms with Gasteiger partial charge in [-0.15, -0.1) is 0 Å². The Bertz CT molecular complexity index is 2070. The molecule has 3 N–H and O–H groups in total. The molecule has 0 radical (unpaired) electrons. The van der Waals surface area contributed by atoms with Crippen LogP contribution in [0.15, 0.2) is 24.3 Å². The predicted molar refractivity (Wildman–Crippen MR) is 418 cm³/mol. The van der Waals surface area contributed by atoms with Crippen molar-refractivity contribution in [2.75, 3.05) is 39.6 Å². The van der Waals surface area contributed by atoms with Crippen LogP contribution in [0.2, 0.25) is 0 Å². The first-order valence-electron chi connectivity index (χ1n) is 42.2. The van der Waals surface area contributed by atoms with Crippen molar-refractivity contribution in [3.8, 4) is 0 Å². The molecule has 0 aromatic rings. The van der Waals surface area contributed by atoms with Crippen molar-refractivity contribution in [3.05, 3.63) is 24.3 Å². The van der Waals surface area contributed by atoms with E-state index in [2.05, 4.69) is 72.8 Å². The van der Waals surface area contributed by atoms with Crippen molar-refractivity contribution < 1.29 is 80.2 Å². The summed E-state index contributed by atoms with van der Waals surface area (Å²) < 4.78 is 68.7. The van der Waals surface area contributed by atoms with Gasteiger partial charge in [0.15, 0.2) is 12.2 Å². The molecule has 0 saturated heterocycles. The average molecular weight is 1490 g/mol. The molecule has 0 heterocycles. The molecule has 0 bridgehead atoms. The lowest BCUT2D eigenvalue weighted by Gasteiger charge is -2.21. The standard InChI is InChI=1S/C83H158O17P2/c1-8-11-12-13-14-15-16-17-22-26-32-37-42-50-57-64-80(85)93-70-78(99-82(87)67-60-53-44-39-34-29-28-30-35-40-47-54-61-74(4)5)72-97-101(89,90)95-68-77(84)69-96-102(91,92)98-73-79(71-94-81(86)65-58-51-46-45-49-56-63-76(7)10-3)100-83(88)66-59-52-43-38-33-27-24-21-19-18-20-23-25-31-36-41-48-55-62-75(6)9-2/h15-17,22,74-79,84H,8-14,18-21,23-73H2,1-7H3,(H,89,90)(H,91,92)/b16-15-,22-17-/t75?,76?,77-,78-,79-/m1/s1. The monoisotopic (exact) mass is 1490 g/mol. The largest absolute Gasteiger partial charge is 0.472 e. The van der Waals surface area contributed by atoms with Crippen molar-refractivity contribution in [1.82, 2.24) is 0 Å². The molecule has 0 aromatic carbocycles. The zero-order valence-corrected chi connectivity index (χ0v) is 68.4. The molecule has 0 fully saturated rings. The number of ether oxygens (including phenoxy) is 4. The molecule has 19 heteroatoms. The number of esters is 4. The zero-order chi connectivity index (χ0) is 75.1. The fourth-order valence-corrected chi connectivity index (χ4v) is 13.8. The molecular formula is C83H158O17P2. The fraction of sp³-hybridized carbons (Fsp3) is 0.904. The van der Waals surface area contributed by atoms with Crippen LogP contribution in [0.4, 0.5) is 0 Å². The molecule has 0 aromatic heterocycles. The first-order chi connectivity index (χ1) is 49.3. The number of hydrogen-bond donors (Lipinski definition) is 3. The van der Waals surface area contributed by atoms with Gasteiger partial charge in [-0.25, -0.2) is 9.13 Å². The SMILES string of the molecule is CCCCCC/C=C\C=C/CCCCCCCC(=O)OC[C@H](COP(=O)(O)OC[C@@H](O)COP(=O)(O)OC[C@@H](COC(=O)CCCCCCCCC(C)CC)OC(=O)CCCCCCCCCCCCCCCCCCCCC(C)CC)OC(=O)CCCCCCCCCCCCCCC(C)C. The molecule has 0 spiro atoms. The maximum Gasteiger partial charge on any atom is 0.472 e. The van der Waals surface area contributed by atoms with Crippen molar-refractivity contribution in [3.63, 3.8) is 0 Å². The third-order valence-corrected chi connectivity index (χ3v) is 21.4. The second-order valence-corrected chi connectivity index (χ2v) is 33.0. The summed E-state index contributed by atoms with van der Waals surface area (Å²) in [6, 6.07) is 0. The number of carbonyl (C=O) groups excluding carboxylic acids is 4. The van der Waals surface area contributed by atoms with Gasteiger partial charge >= 0.3 is 39.5 Å². The van der Waals surface area contributed by atoms with Gasteiger partial charge in [-0.1, -0.05) is 355 Å². The maximum absolute atomic E-state index is 13.1. The molecule has 602 valence electrons. The number of carbonyl (C=O) groups is 4. The van der Waals surface area contributed by atoms with Crippen LogP contribution in [0, 0.1) is 17.8 Å². The third kappa shape index (κ3) is 73.1. The molecular weight excluding hydrogens is 1330 g/mol. The van der Waals surface area contributed by atoms with Crippen molar-refractivity contribution in [2.45, 2.75) is 426 Å². The lowest BCUT2D eigenvalue weighted by atomic mass is 9.99. The van der Waals surface area contributed by atoms with Gasteiger partial charge in [-0.3, -0.25) is 37.3 Å². The highest BCUT2D eigenvalue weighted by Gasteiger charge is 2.30. The zero-order valence-electron chi connectivity index (χ0n) is 66.6. The summed E-state index contributed by atoms with van der Waals surface area (Å²) in [5.74, 6) is 0.232. The first-order valence-corrected chi connectivity index (χ1v) is 45.2. The first kappa shape index (κ1) is 99.5. The lowest BCUT2D eigenvalue weighted by molar-refractivity contribution is -0.161. The molecule has 0 aliphatic heterocycles. The Hall–Kier alpha value is -2.46. The van der Waals surface area contributed by atoms with Crippen LogP contribution in [-0.4, -0.2) is 96.7 Å². The molecule has 0 saturated carbocycles. The minimum absolute atomic E-state index is 0.0998. The van der Waals surface area contributed by atoms with E-state index >= 15 is 0 Å². The lowest BCUT2D eigenvalue weighted by Crippen LogP contribution is -2.30. The van der Waals surface area contributed by atoms with E-state index in [0.717, 1.165) is 133 Å². The van der Waals surface area contributed by atoms with Crippen LogP contribution in [0.5, 0.6) is 0 Å². The molecule has 0 rings (SSSR count). The number of rotatable bonds is 79. The van der Waals surface area contributed by atoms with Crippen LogP contribution in [0.1, 0.15) is 408 Å². The Morgan fingerprint density at radius 1 is 0.324 bits per heavy atom. The van der Waals surface area contributed by atoms with Crippen LogP contribution < -0.4 is 0 Å². The molecule has 0 amide bonds. The molecule has 4 unspecified atom stereocenters. The normalized spacial score (nSPS) is 14.6. The van der Waals surface area contributed by atoms with Gasteiger partial charge < -0.3 is 33.8 Å². The number of allylic oxidation sites excluding steroid dienone is 4. The van der Waals surface area contributed by atoms with Gasteiger partial charge in [0.25, 0.3) is 0 Å². The Balaban J connectivity index is 5.23. The number of unbranched alkanes of at least 4 members (excludes halogenated alkanes) is 42. The van der Waals surface area contributed by atoms with E-state index in [0.29, 0.717) is 25.7 Å². The smallest absolute Gasteiger partial charge is 0.462 e. The molecule has 0 aliphatic rings. The summed E-state index contributed by atoms with van der Waals surface area (Å²) in [6.07, 6.45) is 64.7. The van der Waals surface area contributed by atoms with E-state index in [4.69, 9.17) is 37.0 Å². The van der Waals surface area contributed by atoms with Gasteiger partial charge in [0.05, 0.1) is 26.4 Å². The summed E-state index contributed by atoms with van der Waals surface area (Å²) in [5, 5.41) is 10.6. The van der Waals surface area contributed by atoms with Gasteiger partial charge in [-0.2, -0.15) is 0 Å². The predicted octanol–water partition coefficient (Wildman–Crippen LogP) is 24.5. The summed E-state index contributed by atoms with van der Waals surface area (Å²) in [5.41, 5.74) is 0.